The lowest BCUT2D eigenvalue weighted by atomic mass is 10.1. The van der Waals surface area contributed by atoms with Gasteiger partial charge >= 0.3 is 0 Å². The molecule has 3 nitrogen and oxygen atoms in total. The van der Waals surface area contributed by atoms with E-state index in [9.17, 15) is 0 Å². The number of hydrogen-bond donors (Lipinski definition) is 0. The quantitative estimate of drug-likeness (QED) is 0.766. The van der Waals surface area contributed by atoms with Crippen LogP contribution in [0.2, 0.25) is 0 Å². The van der Waals surface area contributed by atoms with Crippen molar-refractivity contribution in [2.45, 2.75) is 25.2 Å². The summed E-state index contributed by atoms with van der Waals surface area (Å²) >= 11 is 1.57. The Morgan fingerprint density at radius 2 is 2.33 bits per heavy atom. The highest BCUT2D eigenvalue weighted by atomic mass is 32.1. The summed E-state index contributed by atoms with van der Waals surface area (Å²) in [5.74, 6) is 1.76. The van der Waals surface area contributed by atoms with Gasteiger partial charge in [0.2, 0.25) is 0 Å². The molecule has 0 aromatic carbocycles. The molecule has 1 fully saturated rings. The number of likely N-dealkylation sites (N-methyl/N-ethyl adjacent to an activating group) is 1. The van der Waals surface area contributed by atoms with E-state index in [-0.39, 0.29) is 0 Å². The van der Waals surface area contributed by atoms with E-state index in [1.165, 1.54) is 18.4 Å². The minimum Gasteiger partial charge on any atom is -0.302 e. The summed E-state index contributed by atoms with van der Waals surface area (Å²) in [6.45, 7) is 2.19. The molecule has 3 rings (SSSR count). The molecular weight excluding hydrogens is 206 g/mol. The minimum atomic E-state index is 0.678. The first-order valence-corrected chi connectivity index (χ1v) is 6.32. The predicted molar refractivity (Wildman–Crippen MR) is 62.0 cm³/mol. The average molecular weight is 221 g/mol. The topological polar surface area (TPSA) is 29.0 Å². The Bertz CT molecular complexity index is 392. The van der Waals surface area contributed by atoms with Crippen molar-refractivity contribution in [3.8, 4) is 0 Å². The summed E-state index contributed by atoms with van der Waals surface area (Å²) in [5.41, 5.74) is 1.37. The second-order valence-electron chi connectivity index (χ2n) is 4.49. The van der Waals surface area contributed by atoms with Crippen LogP contribution in [0.3, 0.4) is 0 Å². The third-order valence-electron chi connectivity index (χ3n) is 3.00. The van der Waals surface area contributed by atoms with Gasteiger partial charge in [-0.05, 0) is 43.4 Å². The van der Waals surface area contributed by atoms with Crippen molar-refractivity contribution in [2.24, 2.45) is 0 Å². The van der Waals surface area contributed by atoms with Gasteiger partial charge in [0.25, 0.3) is 0 Å². The van der Waals surface area contributed by atoms with Crippen LogP contribution in [-0.4, -0.2) is 34.4 Å². The van der Waals surface area contributed by atoms with Gasteiger partial charge in [-0.3, -0.25) is 0 Å². The molecule has 1 aliphatic carbocycles. The summed E-state index contributed by atoms with van der Waals surface area (Å²) in [7, 11) is 2.16. The van der Waals surface area contributed by atoms with E-state index in [2.05, 4.69) is 27.4 Å². The second-order valence-corrected chi connectivity index (χ2v) is 5.24. The fourth-order valence-corrected chi connectivity index (χ4v) is 2.69. The van der Waals surface area contributed by atoms with Crippen LogP contribution < -0.4 is 0 Å². The molecule has 1 aromatic heterocycles. The zero-order valence-corrected chi connectivity index (χ0v) is 9.76. The van der Waals surface area contributed by atoms with Gasteiger partial charge in [-0.1, -0.05) is 6.08 Å². The van der Waals surface area contributed by atoms with E-state index in [4.69, 9.17) is 0 Å². The van der Waals surface area contributed by atoms with Crippen molar-refractivity contribution >= 4 is 17.1 Å². The zero-order valence-electron chi connectivity index (χ0n) is 8.94. The fraction of sp³-hybridized carbons (Fsp3) is 0.636. The lowest BCUT2D eigenvalue weighted by Crippen LogP contribution is -2.24. The summed E-state index contributed by atoms with van der Waals surface area (Å²) in [5, 5.41) is 1.14. The van der Waals surface area contributed by atoms with Crippen molar-refractivity contribution in [1.29, 1.82) is 0 Å². The third kappa shape index (κ3) is 1.96. The Balaban J connectivity index is 1.82. The lowest BCUT2D eigenvalue weighted by Gasteiger charge is -2.21. The van der Waals surface area contributed by atoms with Gasteiger partial charge in [-0.15, -0.1) is 0 Å². The molecular formula is C11H15N3S. The Hall–Kier alpha value is -0.740. The maximum atomic E-state index is 4.64. The SMILES string of the molecule is CN1CCC=C(c2nc(C3CC3)ns2)C1. The first-order chi connectivity index (χ1) is 7.33. The molecule has 0 saturated heterocycles. The summed E-state index contributed by atoms with van der Waals surface area (Å²) in [6.07, 6.45) is 6.03. The van der Waals surface area contributed by atoms with Crippen molar-refractivity contribution in [3.63, 3.8) is 0 Å². The molecule has 2 heterocycles. The molecule has 4 heteroatoms. The molecule has 1 aromatic rings. The van der Waals surface area contributed by atoms with Crippen LogP contribution in [0, 0.1) is 0 Å². The van der Waals surface area contributed by atoms with Gasteiger partial charge in [0.05, 0.1) is 0 Å². The van der Waals surface area contributed by atoms with Crippen LogP contribution in [0.25, 0.3) is 5.57 Å². The highest BCUT2D eigenvalue weighted by molar-refractivity contribution is 7.06. The Labute approximate surface area is 94.0 Å². The van der Waals surface area contributed by atoms with Crippen LogP contribution in [0.1, 0.15) is 36.0 Å². The van der Waals surface area contributed by atoms with Crippen molar-refractivity contribution in [2.75, 3.05) is 20.1 Å². The first-order valence-electron chi connectivity index (χ1n) is 5.54. The zero-order chi connectivity index (χ0) is 10.3. The van der Waals surface area contributed by atoms with E-state index in [1.54, 1.807) is 11.5 Å². The van der Waals surface area contributed by atoms with Crippen LogP contribution in [-0.2, 0) is 0 Å². The largest absolute Gasteiger partial charge is 0.302 e. The molecule has 0 N–H and O–H groups in total. The summed E-state index contributed by atoms with van der Waals surface area (Å²) in [4.78, 5) is 6.98. The monoisotopic (exact) mass is 221 g/mol. The highest BCUT2D eigenvalue weighted by Gasteiger charge is 2.28. The smallest absolute Gasteiger partial charge is 0.146 e. The van der Waals surface area contributed by atoms with Crippen molar-refractivity contribution < 1.29 is 0 Å². The molecule has 15 heavy (non-hydrogen) atoms. The van der Waals surface area contributed by atoms with Gasteiger partial charge in [0.15, 0.2) is 0 Å². The Morgan fingerprint density at radius 1 is 1.47 bits per heavy atom. The maximum absolute atomic E-state index is 4.64. The molecule has 0 bridgehead atoms. The first kappa shape index (κ1) is 9.48. The van der Waals surface area contributed by atoms with E-state index in [0.29, 0.717) is 5.92 Å². The van der Waals surface area contributed by atoms with Gasteiger partial charge in [-0.2, -0.15) is 4.37 Å². The van der Waals surface area contributed by atoms with E-state index in [1.807, 2.05) is 0 Å². The number of nitrogens with zero attached hydrogens (tertiary/aromatic N) is 3. The normalized spacial score (nSPS) is 22.9. The van der Waals surface area contributed by atoms with Crippen LogP contribution >= 0.6 is 11.5 Å². The van der Waals surface area contributed by atoms with Crippen LogP contribution in [0.15, 0.2) is 6.08 Å². The van der Waals surface area contributed by atoms with Crippen LogP contribution in [0.4, 0.5) is 0 Å². The Kier molecular flexibility index (Phi) is 2.33. The number of aromatic nitrogens is 2. The molecule has 0 radical (unpaired) electrons. The average Bonchev–Trinajstić information content (AvgIpc) is 2.97. The van der Waals surface area contributed by atoms with Crippen molar-refractivity contribution in [1.82, 2.24) is 14.3 Å². The summed E-state index contributed by atoms with van der Waals surface area (Å²) in [6, 6.07) is 0. The molecule has 0 unspecified atom stereocenters. The van der Waals surface area contributed by atoms with Crippen molar-refractivity contribution in [3.05, 3.63) is 16.9 Å². The molecule has 0 spiro atoms. The van der Waals surface area contributed by atoms with Gasteiger partial charge in [0, 0.05) is 19.0 Å². The van der Waals surface area contributed by atoms with E-state index < -0.39 is 0 Å². The molecule has 1 aliphatic heterocycles. The third-order valence-corrected chi connectivity index (χ3v) is 3.81. The molecule has 1 saturated carbocycles. The molecule has 0 amide bonds. The second kappa shape index (κ2) is 3.68. The molecule has 2 aliphatic rings. The minimum absolute atomic E-state index is 0.678. The van der Waals surface area contributed by atoms with Crippen LogP contribution in [0.5, 0.6) is 0 Å². The summed E-state index contributed by atoms with van der Waals surface area (Å²) < 4.78 is 4.45. The van der Waals surface area contributed by atoms with Gasteiger partial charge in [0.1, 0.15) is 10.8 Å². The maximum Gasteiger partial charge on any atom is 0.146 e. The van der Waals surface area contributed by atoms with E-state index in [0.717, 1.165) is 30.3 Å². The van der Waals surface area contributed by atoms with Gasteiger partial charge < -0.3 is 4.90 Å². The lowest BCUT2D eigenvalue weighted by molar-refractivity contribution is 0.373. The fourth-order valence-electron chi connectivity index (χ4n) is 1.92. The molecule has 80 valence electrons. The van der Waals surface area contributed by atoms with E-state index >= 15 is 0 Å². The predicted octanol–water partition coefficient (Wildman–Crippen LogP) is 2.13. The standard InChI is InChI=1S/C11H15N3S/c1-14-6-2-3-9(7-14)11-12-10(13-15-11)8-4-5-8/h3,8H,2,4-7H2,1H3. The Morgan fingerprint density at radius 3 is 3.07 bits per heavy atom. The number of hydrogen-bond acceptors (Lipinski definition) is 4. The molecule has 0 atom stereocenters. The van der Waals surface area contributed by atoms with Gasteiger partial charge in [-0.25, -0.2) is 4.98 Å². The highest BCUT2D eigenvalue weighted by Crippen LogP contribution is 2.39. The number of rotatable bonds is 2.